The van der Waals surface area contributed by atoms with E-state index in [1.165, 1.54) is 11.1 Å². The van der Waals surface area contributed by atoms with Crippen LogP contribution >= 0.6 is 23.8 Å². The molecule has 6 nitrogen and oxygen atoms in total. The summed E-state index contributed by atoms with van der Waals surface area (Å²) in [5, 5.41) is 16.3. The fraction of sp³-hybridized carbons (Fsp3) is 0.136. The Morgan fingerprint density at radius 1 is 1.03 bits per heavy atom. The van der Waals surface area contributed by atoms with Crippen molar-refractivity contribution in [1.82, 2.24) is 19.6 Å². The summed E-state index contributed by atoms with van der Waals surface area (Å²) in [4.78, 5) is 0. The molecule has 2 heterocycles. The number of halogens is 1. The Morgan fingerprint density at radius 3 is 2.73 bits per heavy atom. The van der Waals surface area contributed by atoms with E-state index in [1.54, 1.807) is 6.20 Å². The number of hydrogen-bond donors (Lipinski definition) is 2. The number of hydrogen-bond acceptors (Lipinski definition) is 3. The molecule has 8 heteroatoms. The lowest BCUT2D eigenvalue weighted by Crippen LogP contribution is -2.19. The molecule has 4 aromatic rings. The van der Waals surface area contributed by atoms with Gasteiger partial charge in [-0.15, -0.1) is 0 Å². The van der Waals surface area contributed by atoms with Crippen molar-refractivity contribution in [2.24, 2.45) is 0 Å². The average Bonchev–Trinajstić information content (AvgIpc) is 3.33. The number of nitrogens with one attached hydrogen (secondary N) is 2. The van der Waals surface area contributed by atoms with E-state index in [0.717, 1.165) is 11.3 Å². The Morgan fingerprint density at radius 2 is 1.90 bits per heavy atom. The molecular weight excluding hydrogens is 416 g/mol. The van der Waals surface area contributed by atoms with E-state index in [4.69, 9.17) is 23.8 Å². The Bertz CT molecular complexity index is 1170. The number of nitrogens with zero attached hydrogens (tertiary/aromatic N) is 4. The van der Waals surface area contributed by atoms with Crippen molar-refractivity contribution in [3.63, 3.8) is 0 Å². The lowest BCUT2D eigenvalue weighted by Gasteiger charge is -2.07. The van der Waals surface area contributed by atoms with Crippen LogP contribution in [0.4, 0.5) is 11.5 Å². The number of anilines is 2. The first kappa shape index (κ1) is 20.1. The fourth-order valence-corrected chi connectivity index (χ4v) is 3.53. The molecule has 2 aromatic carbocycles. The molecule has 0 aliphatic rings. The Hall–Kier alpha value is -3.16. The highest BCUT2D eigenvalue weighted by Crippen LogP contribution is 2.14. The van der Waals surface area contributed by atoms with Gasteiger partial charge in [-0.1, -0.05) is 48.0 Å². The highest BCUT2D eigenvalue weighted by Gasteiger charge is 2.06. The van der Waals surface area contributed by atoms with Gasteiger partial charge >= 0.3 is 0 Å². The van der Waals surface area contributed by atoms with Crippen molar-refractivity contribution in [2.45, 2.75) is 20.0 Å². The van der Waals surface area contributed by atoms with E-state index in [1.807, 2.05) is 64.2 Å². The highest BCUT2D eigenvalue weighted by atomic mass is 35.5. The quantitative estimate of drug-likeness (QED) is 0.419. The predicted octanol–water partition coefficient (Wildman–Crippen LogP) is 4.95. The molecule has 2 aromatic heterocycles. The molecule has 0 saturated heterocycles. The van der Waals surface area contributed by atoms with Gasteiger partial charge in [0.2, 0.25) is 0 Å². The molecule has 2 N–H and O–H groups in total. The van der Waals surface area contributed by atoms with E-state index < -0.39 is 0 Å². The minimum Gasteiger partial charge on any atom is -0.330 e. The van der Waals surface area contributed by atoms with Crippen LogP contribution in [0.1, 0.15) is 16.7 Å². The van der Waals surface area contributed by atoms with Crippen molar-refractivity contribution in [2.75, 3.05) is 10.6 Å². The molecule has 0 amide bonds. The molecule has 30 heavy (non-hydrogen) atoms. The van der Waals surface area contributed by atoms with Gasteiger partial charge in [0.25, 0.3) is 0 Å². The van der Waals surface area contributed by atoms with Gasteiger partial charge in [-0.3, -0.25) is 9.36 Å². The van der Waals surface area contributed by atoms with E-state index in [2.05, 4.69) is 39.9 Å². The molecule has 0 fully saturated rings. The highest BCUT2D eigenvalue weighted by molar-refractivity contribution is 7.80. The minimum absolute atomic E-state index is 0.457. The standard InChI is InChI=1S/C22H21ClN6S/c1-16-5-2-3-7-18(16)14-28-10-9-21(27-28)26-22(30)25-20-12-24-29(15-20)13-17-6-4-8-19(23)11-17/h2-12,15H,13-14H2,1H3,(H2,25,26,27,30). The first-order valence-corrected chi connectivity index (χ1v) is 10.3. The van der Waals surface area contributed by atoms with Gasteiger partial charge in [0.05, 0.1) is 25.0 Å². The number of aryl methyl sites for hydroxylation is 1. The normalized spacial score (nSPS) is 10.7. The zero-order valence-corrected chi connectivity index (χ0v) is 18.0. The summed E-state index contributed by atoms with van der Waals surface area (Å²) in [6, 6.07) is 17.9. The third-order valence-electron chi connectivity index (χ3n) is 4.60. The molecule has 0 aliphatic heterocycles. The molecule has 0 spiro atoms. The van der Waals surface area contributed by atoms with Crippen LogP contribution in [0.15, 0.2) is 73.2 Å². The van der Waals surface area contributed by atoms with Gasteiger partial charge in [0.1, 0.15) is 0 Å². The Kier molecular flexibility index (Phi) is 6.11. The summed E-state index contributed by atoms with van der Waals surface area (Å²) < 4.78 is 3.71. The molecule has 0 saturated carbocycles. The number of thiocarbonyl (C=S) groups is 1. The second-order valence-corrected chi connectivity index (χ2v) is 7.81. The van der Waals surface area contributed by atoms with Crippen molar-refractivity contribution in [1.29, 1.82) is 0 Å². The fourth-order valence-electron chi connectivity index (χ4n) is 3.09. The van der Waals surface area contributed by atoms with Gasteiger partial charge in [0, 0.05) is 23.5 Å². The number of benzene rings is 2. The maximum Gasteiger partial charge on any atom is 0.176 e. The summed E-state index contributed by atoms with van der Waals surface area (Å²) >= 11 is 11.4. The average molecular weight is 437 g/mol. The topological polar surface area (TPSA) is 59.7 Å². The van der Waals surface area contributed by atoms with Crippen LogP contribution in [0.2, 0.25) is 5.02 Å². The van der Waals surface area contributed by atoms with Gasteiger partial charge in [0.15, 0.2) is 10.9 Å². The van der Waals surface area contributed by atoms with Gasteiger partial charge in [-0.05, 0) is 48.0 Å². The maximum absolute atomic E-state index is 6.04. The maximum atomic E-state index is 6.04. The van der Waals surface area contributed by atoms with E-state index >= 15 is 0 Å². The van der Waals surface area contributed by atoms with Crippen LogP contribution < -0.4 is 10.6 Å². The lowest BCUT2D eigenvalue weighted by molar-refractivity contribution is 0.687. The van der Waals surface area contributed by atoms with Gasteiger partial charge in [-0.2, -0.15) is 10.2 Å². The van der Waals surface area contributed by atoms with Crippen LogP contribution in [0.25, 0.3) is 0 Å². The zero-order chi connectivity index (χ0) is 20.9. The second kappa shape index (κ2) is 9.11. The van der Waals surface area contributed by atoms with Gasteiger partial charge in [-0.25, -0.2) is 0 Å². The van der Waals surface area contributed by atoms with Crippen LogP contribution in [0.3, 0.4) is 0 Å². The Balaban J connectivity index is 1.32. The summed E-state index contributed by atoms with van der Waals surface area (Å²) in [5.41, 5.74) is 4.36. The van der Waals surface area contributed by atoms with E-state index in [0.29, 0.717) is 29.0 Å². The smallest absolute Gasteiger partial charge is 0.176 e. The third-order valence-corrected chi connectivity index (χ3v) is 5.04. The summed E-state index contributed by atoms with van der Waals surface area (Å²) in [6.07, 6.45) is 5.56. The molecular formula is C22H21ClN6S. The Labute approximate surface area is 185 Å². The van der Waals surface area contributed by atoms with Crippen molar-refractivity contribution in [3.8, 4) is 0 Å². The molecule has 0 bridgehead atoms. The first-order valence-electron chi connectivity index (χ1n) is 9.48. The predicted molar refractivity (Wildman–Crippen MR) is 125 cm³/mol. The van der Waals surface area contributed by atoms with Gasteiger partial charge < -0.3 is 10.6 Å². The second-order valence-electron chi connectivity index (χ2n) is 6.96. The molecule has 0 atom stereocenters. The monoisotopic (exact) mass is 436 g/mol. The molecule has 0 aliphatic carbocycles. The minimum atomic E-state index is 0.457. The zero-order valence-electron chi connectivity index (χ0n) is 16.4. The summed E-state index contributed by atoms with van der Waals surface area (Å²) in [5.74, 6) is 0.687. The van der Waals surface area contributed by atoms with Crippen molar-refractivity contribution >= 4 is 40.4 Å². The first-order chi connectivity index (χ1) is 14.5. The molecule has 0 radical (unpaired) electrons. The summed E-state index contributed by atoms with van der Waals surface area (Å²) in [6.45, 7) is 3.44. The van der Waals surface area contributed by atoms with Crippen LogP contribution in [0.5, 0.6) is 0 Å². The molecule has 0 unspecified atom stereocenters. The van der Waals surface area contributed by atoms with Crippen molar-refractivity contribution in [3.05, 3.63) is 94.9 Å². The van der Waals surface area contributed by atoms with Crippen molar-refractivity contribution < 1.29 is 0 Å². The van der Waals surface area contributed by atoms with Crippen LogP contribution in [-0.4, -0.2) is 24.7 Å². The molecule has 4 rings (SSSR count). The van der Waals surface area contributed by atoms with Crippen LogP contribution in [-0.2, 0) is 13.1 Å². The lowest BCUT2D eigenvalue weighted by atomic mass is 10.1. The SMILES string of the molecule is Cc1ccccc1Cn1ccc(NC(=S)Nc2cnn(Cc3cccc(Cl)c3)c2)n1. The van der Waals surface area contributed by atoms with E-state index in [-0.39, 0.29) is 0 Å². The summed E-state index contributed by atoms with van der Waals surface area (Å²) in [7, 11) is 0. The number of aromatic nitrogens is 4. The van der Waals surface area contributed by atoms with Crippen LogP contribution in [0, 0.1) is 6.92 Å². The third kappa shape index (κ3) is 5.25. The van der Waals surface area contributed by atoms with E-state index in [9.17, 15) is 0 Å². The molecule has 152 valence electrons. The largest absolute Gasteiger partial charge is 0.330 e. The number of rotatable bonds is 6.